The van der Waals surface area contributed by atoms with Gasteiger partial charge in [-0.3, -0.25) is 0 Å². The number of sulfone groups is 1. The number of allylic oxidation sites excluding steroid dienone is 1. The van der Waals surface area contributed by atoms with E-state index in [1.54, 1.807) is 12.1 Å². The van der Waals surface area contributed by atoms with Gasteiger partial charge in [0.2, 0.25) is 0 Å². The average molecular weight is 395 g/mol. The largest absolute Gasteiger partial charge is 0.219 e. The van der Waals surface area contributed by atoms with Crippen LogP contribution in [-0.4, -0.2) is 8.42 Å². The van der Waals surface area contributed by atoms with E-state index in [1.807, 2.05) is 12.1 Å². The Morgan fingerprint density at radius 3 is 2.07 bits per heavy atom. The lowest BCUT2D eigenvalue weighted by Crippen LogP contribution is -2.33. The summed E-state index contributed by atoms with van der Waals surface area (Å²) in [5, 5.41) is 0.986. The van der Waals surface area contributed by atoms with Crippen LogP contribution in [-0.2, 0) is 20.7 Å². The Kier molecular flexibility index (Phi) is 5.18. The minimum Gasteiger partial charge on any atom is -0.219 e. The lowest BCUT2D eigenvalue weighted by molar-refractivity contribution is 0.332. The predicted molar refractivity (Wildman–Crippen MR) is 119 cm³/mol. The molecule has 0 spiro atoms. The Balaban J connectivity index is 1.97. The Hall–Kier alpha value is -2.13. The highest BCUT2D eigenvalue weighted by atomic mass is 32.2. The molecule has 0 heterocycles. The second-order valence-electron chi connectivity index (χ2n) is 9.14. The van der Waals surface area contributed by atoms with E-state index in [1.165, 1.54) is 35.1 Å². The van der Waals surface area contributed by atoms with Crippen molar-refractivity contribution in [1.29, 1.82) is 0 Å². The van der Waals surface area contributed by atoms with E-state index in [-0.39, 0.29) is 15.7 Å². The van der Waals surface area contributed by atoms with Gasteiger partial charge in [-0.2, -0.15) is 0 Å². The van der Waals surface area contributed by atoms with Crippen LogP contribution in [0.15, 0.2) is 59.3 Å². The van der Waals surface area contributed by atoms with Gasteiger partial charge in [0.1, 0.15) is 0 Å². The van der Waals surface area contributed by atoms with Crippen LogP contribution in [0, 0.1) is 0 Å². The van der Waals surface area contributed by atoms with Crippen molar-refractivity contribution in [3.63, 3.8) is 0 Å². The lowest BCUT2D eigenvalue weighted by Gasteiger charge is -2.42. The molecular formula is C25H30O2S. The molecule has 0 radical (unpaired) electrons. The molecule has 0 unspecified atom stereocenters. The molecule has 2 nitrogen and oxygen atoms in total. The topological polar surface area (TPSA) is 34.1 Å². The molecule has 0 aromatic heterocycles. The van der Waals surface area contributed by atoms with Gasteiger partial charge in [-0.1, -0.05) is 70.7 Å². The number of hydrogen-bond acceptors (Lipinski definition) is 2. The van der Waals surface area contributed by atoms with Crippen molar-refractivity contribution in [2.75, 3.05) is 0 Å². The van der Waals surface area contributed by atoms with Crippen molar-refractivity contribution in [2.45, 2.75) is 63.2 Å². The highest BCUT2D eigenvalue weighted by Crippen LogP contribution is 2.46. The summed E-state index contributed by atoms with van der Waals surface area (Å²) in [4.78, 5) is 0.273. The second-order valence-corrected chi connectivity index (χ2v) is 11.0. The first-order chi connectivity index (χ1) is 13.0. The highest BCUT2D eigenvalue weighted by Gasteiger charge is 2.36. The zero-order valence-corrected chi connectivity index (χ0v) is 18.4. The van der Waals surface area contributed by atoms with E-state index in [2.05, 4.69) is 65.5 Å². The molecule has 0 fully saturated rings. The van der Waals surface area contributed by atoms with Crippen molar-refractivity contribution in [3.05, 3.63) is 76.7 Å². The Morgan fingerprint density at radius 2 is 1.50 bits per heavy atom. The average Bonchev–Trinajstić information content (AvgIpc) is 2.65. The first kappa shape index (κ1) is 20.6. The molecule has 2 aromatic rings. The fourth-order valence-electron chi connectivity index (χ4n) is 4.02. The van der Waals surface area contributed by atoms with E-state index in [0.717, 1.165) is 11.0 Å². The fourth-order valence-corrected chi connectivity index (χ4v) is 4.73. The zero-order valence-electron chi connectivity index (χ0n) is 17.5. The maximum atomic E-state index is 11.9. The van der Waals surface area contributed by atoms with Gasteiger partial charge in [0.25, 0.3) is 0 Å². The molecule has 0 saturated heterocycles. The normalized spacial score (nSPS) is 18.4. The Bertz CT molecular complexity index is 1040. The first-order valence-corrected chi connectivity index (χ1v) is 11.3. The Morgan fingerprint density at radius 1 is 0.929 bits per heavy atom. The smallest absolute Gasteiger partial charge is 0.199 e. The summed E-state index contributed by atoms with van der Waals surface area (Å²) in [5.74, 6) is 0. The molecule has 0 saturated carbocycles. The van der Waals surface area contributed by atoms with Gasteiger partial charge < -0.3 is 0 Å². The van der Waals surface area contributed by atoms with Gasteiger partial charge in [0.05, 0.1) is 4.90 Å². The molecule has 1 aliphatic rings. The SMILES string of the molecule is C=CS(=O)(=O)c1ccc(C=C(C)c2ccc3c(c2)C(C)(C)CCC3(C)C)cc1. The molecule has 3 heteroatoms. The third kappa shape index (κ3) is 3.86. The third-order valence-electron chi connectivity index (χ3n) is 6.12. The van der Waals surface area contributed by atoms with E-state index >= 15 is 0 Å². The minimum absolute atomic E-state index is 0.182. The van der Waals surface area contributed by atoms with E-state index in [9.17, 15) is 8.42 Å². The van der Waals surface area contributed by atoms with Gasteiger partial charge in [-0.15, -0.1) is 0 Å². The van der Waals surface area contributed by atoms with Gasteiger partial charge in [0.15, 0.2) is 9.84 Å². The molecule has 1 aliphatic carbocycles. The van der Waals surface area contributed by atoms with Crippen LogP contribution in [0.25, 0.3) is 11.6 Å². The number of hydrogen-bond donors (Lipinski definition) is 0. The van der Waals surface area contributed by atoms with Crippen LogP contribution < -0.4 is 0 Å². The molecule has 0 atom stereocenters. The van der Waals surface area contributed by atoms with Crippen LogP contribution in [0.1, 0.15) is 69.7 Å². The minimum atomic E-state index is -3.39. The van der Waals surface area contributed by atoms with Crippen molar-refractivity contribution >= 4 is 21.5 Å². The zero-order chi connectivity index (χ0) is 20.7. The van der Waals surface area contributed by atoms with E-state index < -0.39 is 9.84 Å². The standard InChI is InChI=1S/C25H30O2S/c1-7-28(26,27)21-11-8-19(9-12-21)16-18(2)20-10-13-22-23(17-20)25(5,6)15-14-24(22,3)4/h7-13,16-17H,1,14-15H2,2-6H3. The summed E-state index contributed by atoms with van der Waals surface area (Å²) in [5.41, 5.74) is 6.67. The quantitative estimate of drug-likeness (QED) is 0.554. The summed E-state index contributed by atoms with van der Waals surface area (Å²) in [6.07, 6.45) is 4.51. The van der Waals surface area contributed by atoms with Crippen LogP contribution in [0.2, 0.25) is 0 Å². The van der Waals surface area contributed by atoms with Crippen LogP contribution in [0.5, 0.6) is 0 Å². The molecular weight excluding hydrogens is 364 g/mol. The lowest BCUT2D eigenvalue weighted by atomic mass is 9.63. The first-order valence-electron chi connectivity index (χ1n) is 9.78. The summed E-state index contributed by atoms with van der Waals surface area (Å²) >= 11 is 0. The molecule has 0 aliphatic heterocycles. The van der Waals surface area contributed by atoms with Gasteiger partial charge >= 0.3 is 0 Å². The Labute approximate surface area is 169 Å². The predicted octanol–water partition coefficient (Wildman–Crippen LogP) is 6.51. The maximum Gasteiger partial charge on any atom is 0.199 e. The van der Waals surface area contributed by atoms with Crippen molar-refractivity contribution in [2.24, 2.45) is 0 Å². The van der Waals surface area contributed by atoms with E-state index in [0.29, 0.717) is 0 Å². The summed E-state index contributed by atoms with van der Waals surface area (Å²) in [7, 11) is -3.39. The van der Waals surface area contributed by atoms with Crippen LogP contribution >= 0.6 is 0 Å². The van der Waals surface area contributed by atoms with Crippen LogP contribution in [0.4, 0.5) is 0 Å². The van der Waals surface area contributed by atoms with Crippen molar-refractivity contribution in [3.8, 4) is 0 Å². The van der Waals surface area contributed by atoms with Gasteiger partial charge in [-0.25, -0.2) is 8.42 Å². The monoisotopic (exact) mass is 394 g/mol. The maximum absolute atomic E-state index is 11.9. The van der Waals surface area contributed by atoms with Crippen molar-refractivity contribution in [1.82, 2.24) is 0 Å². The van der Waals surface area contributed by atoms with Crippen molar-refractivity contribution < 1.29 is 8.42 Å². The van der Waals surface area contributed by atoms with E-state index in [4.69, 9.17) is 0 Å². The second kappa shape index (κ2) is 7.04. The summed E-state index contributed by atoms with van der Waals surface area (Å²) < 4.78 is 23.7. The number of rotatable bonds is 4. The molecule has 3 rings (SSSR count). The molecule has 0 bridgehead atoms. The molecule has 0 N–H and O–H groups in total. The molecule has 28 heavy (non-hydrogen) atoms. The van der Waals surface area contributed by atoms with Gasteiger partial charge in [0, 0.05) is 5.41 Å². The number of benzene rings is 2. The molecule has 148 valence electrons. The fraction of sp³-hybridized carbons (Fsp3) is 0.360. The van der Waals surface area contributed by atoms with Crippen LogP contribution in [0.3, 0.4) is 0 Å². The molecule has 0 amide bonds. The highest BCUT2D eigenvalue weighted by molar-refractivity contribution is 7.94. The molecule has 2 aromatic carbocycles. The third-order valence-corrected chi connectivity index (χ3v) is 7.49. The summed E-state index contributed by atoms with van der Waals surface area (Å²) in [6.45, 7) is 14.8. The number of fused-ring (bicyclic) bond motifs is 1. The van der Waals surface area contributed by atoms with Gasteiger partial charge in [-0.05, 0) is 70.6 Å². The summed E-state index contributed by atoms with van der Waals surface area (Å²) in [6, 6.07) is 13.8.